The van der Waals surface area contributed by atoms with Crippen LogP contribution in [0, 0.1) is 0 Å². The van der Waals surface area contributed by atoms with Gasteiger partial charge in [0.05, 0.1) is 24.3 Å². The molecule has 9 heteroatoms. The Morgan fingerprint density at radius 2 is 1.96 bits per heavy atom. The van der Waals surface area contributed by atoms with Crippen LogP contribution in [0.15, 0.2) is 59.7 Å². The quantitative estimate of drug-likeness (QED) is 0.583. The molecule has 2 heterocycles. The van der Waals surface area contributed by atoms with Crippen molar-refractivity contribution >= 4 is 22.5 Å². The highest BCUT2D eigenvalue weighted by Gasteiger charge is 2.18. The largest absolute Gasteiger partial charge is 0.324 e. The molecule has 2 aromatic heterocycles. The van der Waals surface area contributed by atoms with Crippen LogP contribution in [0.3, 0.4) is 0 Å². The first-order valence-corrected chi connectivity index (χ1v) is 8.64. The molecule has 28 heavy (non-hydrogen) atoms. The summed E-state index contributed by atoms with van der Waals surface area (Å²) < 4.78 is 1.33. The lowest BCUT2D eigenvalue weighted by Gasteiger charge is -2.15. The number of rotatable bonds is 4. The molecule has 0 spiro atoms. The van der Waals surface area contributed by atoms with Gasteiger partial charge in [-0.05, 0) is 36.4 Å². The minimum Gasteiger partial charge on any atom is -0.324 e. The summed E-state index contributed by atoms with van der Waals surface area (Å²) in [4.78, 5) is 31.0. The predicted octanol–water partition coefficient (Wildman–Crippen LogP) is 1.79. The van der Waals surface area contributed by atoms with Crippen molar-refractivity contribution in [3.05, 3.63) is 65.2 Å². The number of aryl methyl sites for hydroxylation is 1. The molecule has 0 aliphatic rings. The monoisotopic (exact) mass is 375 g/mol. The highest BCUT2D eigenvalue weighted by molar-refractivity contribution is 5.94. The summed E-state index contributed by atoms with van der Waals surface area (Å²) >= 11 is 0. The van der Waals surface area contributed by atoms with Gasteiger partial charge in [-0.15, -0.1) is 10.2 Å². The third kappa shape index (κ3) is 3.25. The van der Waals surface area contributed by atoms with Crippen molar-refractivity contribution in [3.63, 3.8) is 0 Å². The minimum absolute atomic E-state index is 0.259. The van der Waals surface area contributed by atoms with Crippen LogP contribution in [0.4, 0.5) is 5.69 Å². The molecule has 0 radical (unpaired) electrons. The Bertz CT molecular complexity index is 1230. The van der Waals surface area contributed by atoms with Crippen molar-refractivity contribution in [2.75, 3.05) is 5.32 Å². The predicted molar refractivity (Wildman–Crippen MR) is 104 cm³/mol. The van der Waals surface area contributed by atoms with E-state index in [1.165, 1.54) is 15.7 Å². The topological polar surface area (TPSA) is 108 Å². The average molecular weight is 375 g/mol. The van der Waals surface area contributed by atoms with Crippen LogP contribution in [0.1, 0.15) is 13.0 Å². The molecule has 1 unspecified atom stereocenters. The maximum atomic E-state index is 12.7. The van der Waals surface area contributed by atoms with E-state index in [-0.39, 0.29) is 11.5 Å². The summed E-state index contributed by atoms with van der Waals surface area (Å²) in [6.07, 6.45) is 1.40. The first kappa shape index (κ1) is 17.5. The standard InChI is InChI=1S/C19H17N7O2/c1-12(26-11-20-16-9-4-3-8-15(16)19(26)28)18(27)21-14-7-5-6-13(10-14)17-22-24-25(2)23-17/h3-12H,1-2H3,(H,21,27). The fourth-order valence-electron chi connectivity index (χ4n) is 2.87. The summed E-state index contributed by atoms with van der Waals surface area (Å²) in [6, 6.07) is 13.4. The van der Waals surface area contributed by atoms with Crippen molar-refractivity contribution in [2.45, 2.75) is 13.0 Å². The highest BCUT2D eigenvalue weighted by Crippen LogP contribution is 2.19. The Morgan fingerprint density at radius 1 is 1.14 bits per heavy atom. The number of hydrogen-bond donors (Lipinski definition) is 1. The molecule has 4 aromatic rings. The average Bonchev–Trinajstić information content (AvgIpc) is 3.14. The van der Waals surface area contributed by atoms with Crippen LogP contribution in [-0.2, 0) is 11.8 Å². The van der Waals surface area contributed by atoms with E-state index in [0.29, 0.717) is 22.4 Å². The molecule has 0 saturated carbocycles. The second-order valence-electron chi connectivity index (χ2n) is 6.32. The van der Waals surface area contributed by atoms with Crippen molar-refractivity contribution in [2.24, 2.45) is 7.05 Å². The number of nitrogens with zero attached hydrogens (tertiary/aromatic N) is 6. The zero-order chi connectivity index (χ0) is 19.7. The Hall–Kier alpha value is -3.88. The van der Waals surface area contributed by atoms with E-state index < -0.39 is 6.04 Å². The second-order valence-corrected chi connectivity index (χ2v) is 6.32. The van der Waals surface area contributed by atoms with Gasteiger partial charge < -0.3 is 5.32 Å². The Morgan fingerprint density at radius 3 is 2.75 bits per heavy atom. The van der Waals surface area contributed by atoms with Gasteiger partial charge in [0.15, 0.2) is 0 Å². The molecule has 0 aliphatic carbocycles. The van der Waals surface area contributed by atoms with E-state index >= 15 is 0 Å². The van der Waals surface area contributed by atoms with E-state index in [9.17, 15) is 9.59 Å². The lowest BCUT2D eigenvalue weighted by Crippen LogP contribution is -2.31. The third-order valence-electron chi connectivity index (χ3n) is 4.38. The number of nitrogens with one attached hydrogen (secondary N) is 1. The van der Waals surface area contributed by atoms with E-state index in [2.05, 4.69) is 25.7 Å². The molecule has 0 aliphatic heterocycles. The van der Waals surface area contributed by atoms with Gasteiger partial charge in [0, 0.05) is 11.3 Å². The van der Waals surface area contributed by atoms with Crippen LogP contribution in [-0.4, -0.2) is 35.7 Å². The number of aromatic nitrogens is 6. The van der Waals surface area contributed by atoms with Gasteiger partial charge in [-0.1, -0.05) is 24.3 Å². The lowest BCUT2D eigenvalue weighted by molar-refractivity contribution is -0.118. The van der Waals surface area contributed by atoms with Crippen LogP contribution in [0.5, 0.6) is 0 Å². The maximum Gasteiger partial charge on any atom is 0.261 e. The third-order valence-corrected chi connectivity index (χ3v) is 4.38. The van der Waals surface area contributed by atoms with Crippen molar-refractivity contribution < 1.29 is 4.79 Å². The normalized spacial score (nSPS) is 12.1. The molecule has 9 nitrogen and oxygen atoms in total. The van der Waals surface area contributed by atoms with Gasteiger partial charge in [-0.2, -0.15) is 4.80 Å². The van der Waals surface area contributed by atoms with Crippen LogP contribution < -0.4 is 10.9 Å². The number of carbonyl (C=O) groups excluding carboxylic acids is 1. The highest BCUT2D eigenvalue weighted by atomic mass is 16.2. The van der Waals surface area contributed by atoms with Crippen LogP contribution in [0.25, 0.3) is 22.3 Å². The van der Waals surface area contributed by atoms with E-state index in [1.54, 1.807) is 50.4 Å². The number of para-hydroxylation sites is 1. The van der Waals surface area contributed by atoms with Gasteiger partial charge in [0.2, 0.25) is 11.7 Å². The second kappa shape index (κ2) is 7.03. The molecule has 140 valence electrons. The van der Waals surface area contributed by atoms with Gasteiger partial charge >= 0.3 is 0 Å². The molecule has 0 bridgehead atoms. The SMILES string of the molecule is CC(C(=O)Nc1cccc(-c2nnn(C)n2)c1)n1cnc2ccccc2c1=O. The summed E-state index contributed by atoms with van der Waals surface area (Å²) in [6.45, 7) is 1.65. The van der Waals surface area contributed by atoms with E-state index in [1.807, 2.05) is 12.1 Å². The molecule has 0 fully saturated rings. The molecule has 0 saturated heterocycles. The Balaban J connectivity index is 1.59. The smallest absolute Gasteiger partial charge is 0.261 e. The van der Waals surface area contributed by atoms with Gasteiger partial charge in [0.25, 0.3) is 5.56 Å². The molecule has 1 amide bonds. The number of benzene rings is 2. The van der Waals surface area contributed by atoms with Crippen molar-refractivity contribution in [3.8, 4) is 11.4 Å². The van der Waals surface area contributed by atoms with E-state index in [0.717, 1.165) is 5.56 Å². The van der Waals surface area contributed by atoms with Gasteiger partial charge in [0.1, 0.15) is 6.04 Å². The van der Waals surface area contributed by atoms with Crippen LogP contribution >= 0.6 is 0 Å². The summed E-state index contributed by atoms with van der Waals surface area (Å²) in [5.74, 6) is 0.130. The van der Waals surface area contributed by atoms with E-state index in [4.69, 9.17) is 0 Å². The number of tetrazole rings is 1. The van der Waals surface area contributed by atoms with Gasteiger partial charge in [-0.25, -0.2) is 4.98 Å². The fourth-order valence-corrected chi connectivity index (χ4v) is 2.87. The zero-order valence-corrected chi connectivity index (χ0v) is 15.3. The number of fused-ring (bicyclic) bond motifs is 1. The number of amides is 1. The first-order valence-electron chi connectivity index (χ1n) is 8.64. The zero-order valence-electron chi connectivity index (χ0n) is 15.3. The number of hydrogen-bond acceptors (Lipinski definition) is 6. The molecule has 1 N–H and O–H groups in total. The first-order chi connectivity index (χ1) is 13.5. The van der Waals surface area contributed by atoms with Crippen molar-refractivity contribution in [1.82, 2.24) is 29.8 Å². The fraction of sp³-hybridized carbons (Fsp3) is 0.158. The molecule has 2 aromatic carbocycles. The molecular formula is C19H17N7O2. The molecular weight excluding hydrogens is 358 g/mol. The Kier molecular flexibility index (Phi) is 4.40. The Labute approximate surface area is 159 Å². The number of carbonyl (C=O) groups is 1. The molecule has 1 atom stereocenters. The lowest BCUT2D eigenvalue weighted by atomic mass is 10.2. The number of anilines is 1. The van der Waals surface area contributed by atoms with Crippen LogP contribution in [0.2, 0.25) is 0 Å². The summed E-state index contributed by atoms with van der Waals surface area (Å²) in [7, 11) is 1.68. The van der Waals surface area contributed by atoms with Crippen molar-refractivity contribution in [1.29, 1.82) is 0 Å². The summed E-state index contributed by atoms with van der Waals surface area (Å²) in [5, 5.41) is 15.2. The molecule has 4 rings (SSSR count). The van der Waals surface area contributed by atoms with Gasteiger partial charge in [-0.3, -0.25) is 14.2 Å². The minimum atomic E-state index is -0.733. The summed E-state index contributed by atoms with van der Waals surface area (Å²) in [5.41, 5.74) is 1.64. The maximum absolute atomic E-state index is 12.7.